The molecule has 1 atom stereocenters. The SMILES string of the molecule is CCOC(=O)C1=CC(C(=O)c2ccc(C)cc2)=C2NCCN2C1(O)C(F)(F)F. The van der Waals surface area contributed by atoms with Crippen LogP contribution in [-0.2, 0) is 9.53 Å². The fourth-order valence-electron chi connectivity index (χ4n) is 3.27. The van der Waals surface area contributed by atoms with Crippen LogP contribution in [0, 0.1) is 6.92 Å². The van der Waals surface area contributed by atoms with Gasteiger partial charge in [-0.3, -0.25) is 4.79 Å². The summed E-state index contributed by atoms with van der Waals surface area (Å²) in [5, 5.41) is 13.3. The molecule has 2 N–H and O–H groups in total. The van der Waals surface area contributed by atoms with Gasteiger partial charge >= 0.3 is 12.1 Å². The van der Waals surface area contributed by atoms with Crippen molar-refractivity contribution in [2.75, 3.05) is 19.7 Å². The van der Waals surface area contributed by atoms with Crippen LogP contribution in [0.15, 0.2) is 47.3 Å². The predicted molar refractivity (Wildman–Crippen MR) is 93.0 cm³/mol. The summed E-state index contributed by atoms with van der Waals surface area (Å²) < 4.78 is 46.2. The van der Waals surface area contributed by atoms with Gasteiger partial charge in [0, 0.05) is 18.7 Å². The van der Waals surface area contributed by atoms with E-state index in [9.17, 15) is 27.9 Å². The molecule has 1 saturated heterocycles. The summed E-state index contributed by atoms with van der Waals surface area (Å²) in [6.07, 6.45) is -4.42. The Hall–Kier alpha value is -2.81. The zero-order valence-electron chi connectivity index (χ0n) is 15.3. The molecule has 0 aromatic heterocycles. The topological polar surface area (TPSA) is 78.9 Å². The molecule has 0 spiro atoms. The number of rotatable bonds is 4. The van der Waals surface area contributed by atoms with Crippen molar-refractivity contribution in [2.24, 2.45) is 0 Å². The quantitative estimate of drug-likeness (QED) is 0.599. The molecule has 2 aliphatic heterocycles. The lowest BCUT2D eigenvalue weighted by Crippen LogP contribution is -2.62. The molecule has 150 valence electrons. The van der Waals surface area contributed by atoms with E-state index in [1.54, 1.807) is 24.3 Å². The smallest absolute Gasteiger partial charge is 0.441 e. The summed E-state index contributed by atoms with van der Waals surface area (Å²) >= 11 is 0. The van der Waals surface area contributed by atoms with Crippen molar-refractivity contribution in [2.45, 2.75) is 25.7 Å². The first kappa shape index (κ1) is 19.9. The Morgan fingerprint density at radius 1 is 1.29 bits per heavy atom. The molecule has 0 bridgehead atoms. The monoisotopic (exact) mass is 396 g/mol. The number of allylic oxidation sites excluding steroid dienone is 2. The minimum atomic E-state index is -5.19. The maximum absolute atomic E-state index is 13.8. The van der Waals surface area contributed by atoms with E-state index >= 15 is 0 Å². The average Bonchev–Trinajstić information content (AvgIpc) is 3.12. The van der Waals surface area contributed by atoms with Crippen LogP contribution in [0.5, 0.6) is 0 Å². The molecular weight excluding hydrogens is 377 g/mol. The lowest BCUT2D eigenvalue weighted by molar-refractivity contribution is -0.290. The second-order valence-electron chi connectivity index (χ2n) is 6.48. The first-order valence-corrected chi connectivity index (χ1v) is 8.66. The number of aliphatic hydroxyl groups is 1. The normalized spacial score (nSPS) is 21.8. The number of esters is 1. The molecule has 0 aliphatic carbocycles. The maximum Gasteiger partial charge on any atom is 0.441 e. The number of hydrogen-bond donors (Lipinski definition) is 2. The molecule has 0 saturated carbocycles. The lowest BCUT2D eigenvalue weighted by Gasteiger charge is -2.42. The number of halogens is 3. The van der Waals surface area contributed by atoms with Gasteiger partial charge in [-0.25, -0.2) is 4.79 Å². The summed E-state index contributed by atoms with van der Waals surface area (Å²) in [6.45, 7) is 2.92. The van der Waals surface area contributed by atoms with Crippen molar-refractivity contribution < 1.29 is 32.6 Å². The Morgan fingerprint density at radius 2 is 1.93 bits per heavy atom. The molecule has 28 heavy (non-hydrogen) atoms. The van der Waals surface area contributed by atoms with Crippen LogP contribution in [0.3, 0.4) is 0 Å². The van der Waals surface area contributed by atoms with Crippen LogP contribution < -0.4 is 5.32 Å². The van der Waals surface area contributed by atoms with E-state index in [0.29, 0.717) is 4.90 Å². The van der Waals surface area contributed by atoms with Crippen LogP contribution >= 0.6 is 0 Å². The van der Waals surface area contributed by atoms with E-state index in [1.807, 2.05) is 6.92 Å². The van der Waals surface area contributed by atoms with Gasteiger partial charge in [0.2, 0.25) is 0 Å². The highest BCUT2D eigenvalue weighted by molar-refractivity contribution is 6.12. The minimum absolute atomic E-state index is 0.0718. The zero-order chi connectivity index (χ0) is 20.7. The number of carbonyl (C=O) groups is 2. The summed E-state index contributed by atoms with van der Waals surface area (Å²) in [6, 6.07) is 6.49. The number of hydrogen-bond acceptors (Lipinski definition) is 6. The summed E-state index contributed by atoms with van der Waals surface area (Å²) in [7, 11) is 0. The molecular formula is C19H19F3N2O4. The van der Waals surface area contributed by atoms with Crippen LogP contribution in [0.25, 0.3) is 0 Å². The second kappa shape index (κ2) is 6.97. The number of nitrogens with one attached hydrogen (secondary N) is 1. The number of alkyl halides is 3. The zero-order valence-corrected chi connectivity index (χ0v) is 15.3. The Bertz CT molecular complexity index is 874. The summed E-state index contributed by atoms with van der Waals surface area (Å²) in [4.78, 5) is 25.8. The molecule has 1 unspecified atom stereocenters. The Labute approximate surface area is 159 Å². The molecule has 3 rings (SSSR count). The molecule has 1 aromatic rings. The van der Waals surface area contributed by atoms with E-state index in [2.05, 4.69) is 5.32 Å². The third-order valence-electron chi connectivity index (χ3n) is 4.66. The summed E-state index contributed by atoms with van der Waals surface area (Å²) in [5.41, 5.74) is -3.61. The highest BCUT2D eigenvalue weighted by Gasteiger charge is 2.65. The number of nitrogens with zero attached hydrogens (tertiary/aromatic N) is 1. The van der Waals surface area contributed by atoms with Gasteiger partial charge in [-0.1, -0.05) is 29.8 Å². The largest absolute Gasteiger partial charge is 0.462 e. The first-order chi connectivity index (χ1) is 13.1. The molecule has 2 heterocycles. The standard InChI is InChI=1S/C19H19F3N2O4/c1-3-28-17(26)14-10-13(15(25)12-6-4-11(2)5-7-12)16-23-8-9-24(16)18(14,27)19(20,21)22/h4-7,10,23,27H,3,8-9H2,1-2H3. The molecule has 1 aromatic carbocycles. The van der Waals surface area contributed by atoms with Crippen LogP contribution in [0.2, 0.25) is 0 Å². The van der Waals surface area contributed by atoms with Gasteiger partial charge in [0.05, 0.1) is 17.8 Å². The van der Waals surface area contributed by atoms with E-state index in [-0.39, 0.29) is 36.7 Å². The van der Waals surface area contributed by atoms with Gasteiger partial charge in [0.1, 0.15) is 5.82 Å². The van der Waals surface area contributed by atoms with Gasteiger partial charge in [-0.15, -0.1) is 0 Å². The first-order valence-electron chi connectivity index (χ1n) is 8.66. The van der Waals surface area contributed by atoms with E-state index in [0.717, 1.165) is 11.6 Å². The van der Waals surface area contributed by atoms with Gasteiger partial charge < -0.3 is 20.1 Å². The molecule has 9 heteroatoms. The van der Waals surface area contributed by atoms with Gasteiger partial charge in [-0.05, 0) is 19.9 Å². The van der Waals surface area contributed by atoms with Gasteiger partial charge in [0.15, 0.2) is 5.78 Å². The van der Waals surface area contributed by atoms with Gasteiger partial charge in [-0.2, -0.15) is 13.2 Å². The van der Waals surface area contributed by atoms with Crippen molar-refractivity contribution in [3.63, 3.8) is 0 Å². The molecule has 1 fully saturated rings. The number of ether oxygens (including phenoxy) is 1. The number of benzene rings is 1. The fraction of sp³-hybridized carbons (Fsp3) is 0.368. The number of carbonyl (C=O) groups excluding carboxylic acids is 2. The third-order valence-corrected chi connectivity index (χ3v) is 4.66. The van der Waals surface area contributed by atoms with Crippen molar-refractivity contribution in [3.05, 3.63) is 58.4 Å². The van der Waals surface area contributed by atoms with E-state index < -0.39 is 29.2 Å². The fourth-order valence-corrected chi connectivity index (χ4v) is 3.27. The Morgan fingerprint density at radius 3 is 2.50 bits per heavy atom. The highest BCUT2D eigenvalue weighted by Crippen LogP contribution is 2.45. The number of fused-ring (bicyclic) bond motifs is 1. The van der Waals surface area contributed by atoms with E-state index in [4.69, 9.17) is 4.74 Å². The summed E-state index contributed by atoms with van der Waals surface area (Å²) in [5.74, 6) is -2.07. The highest BCUT2D eigenvalue weighted by atomic mass is 19.4. The molecule has 2 aliphatic rings. The predicted octanol–water partition coefficient (Wildman–Crippen LogP) is 2.05. The molecule has 0 amide bonds. The molecule has 6 nitrogen and oxygen atoms in total. The third kappa shape index (κ3) is 3.05. The van der Waals surface area contributed by atoms with Crippen molar-refractivity contribution in [1.29, 1.82) is 0 Å². The van der Waals surface area contributed by atoms with Gasteiger partial charge in [0.25, 0.3) is 5.72 Å². The van der Waals surface area contributed by atoms with E-state index in [1.165, 1.54) is 6.92 Å². The average molecular weight is 396 g/mol. The minimum Gasteiger partial charge on any atom is -0.462 e. The number of aryl methyl sites for hydroxylation is 1. The maximum atomic E-state index is 13.8. The Kier molecular flexibility index (Phi) is 4.97. The number of Topliss-reactive ketones (excluding diaryl/α,β-unsaturated/α-hetero) is 1. The lowest BCUT2D eigenvalue weighted by atomic mass is 9.90. The van der Waals surface area contributed by atoms with Crippen molar-refractivity contribution in [1.82, 2.24) is 10.2 Å². The van der Waals surface area contributed by atoms with Crippen LogP contribution in [0.1, 0.15) is 22.8 Å². The van der Waals surface area contributed by atoms with Crippen LogP contribution in [0.4, 0.5) is 13.2 Å². The van der Waals surface area contributed by atoms with Crippen molar-refractivity contribution >= 4 is 11.8 Å². The number of ketones is 1. The van der Waals surface area contributed by atoms with Crippen LogP contribution in [-0.4, -0.2) is 53.4 Å². The second-order valence-corrected chi connectivity index (χ2v) is 6.48. The Balaban J connectivity index is 2.17. The molecule has 0 radical (unpaired) electrons. The van der Waals surface area contributed by atoms with Crippen molar-refractivity contribution in [3.8, 4) is 0 Å².